The first-order chi connectivity index (χ1) is 14.2. The first kappa shape index (κ1) is 20.2. The number of hydrogen-bond donors (Lipinski definition) is 1. The van der Waals surface area contributed by atoms with Crippen LogP contribution >= 0.6 is 23.1 Å². The Labute approximate surface area is 179 Å². The summed E-state index contributed by atoms with van der Waals surface area (Å²) in [6.45, 7) is 6.07. The van der Waals surface area contributed by atoms with Gasteiger partial charge in [-0.25, -0.2) is 5.01 Å². The molecule has 0 radical (unpaired) electrons. The van der Waals surface area contributed by atoms with Crippen LogP contribution in [-0.2, 0) is 6.42 Å². The van der Waals surface area contributed by atoms with Crippen molar-refractivity contribution in [3.63, 3.8) is 0 Å². The number of hydrazone groups is 1. The van der Waals surface area contributed by atoms with Gasteiger partial charge in [-0.05, 0) is 38.2 Å². The number of phenolic OH excluding ortho intramolecular Hbond substituents is 1. The summed E-state index contributed by atoms with van der Waals surface area (Å²) in [5.74, 6) is 1.08. The third kappa shape index (κ3) is 4.40. The molecule has 1 unspecified atom stereocenters. The highest BCUT2D eigenvalue weighted by Crippen LogP contribution is 2.44. The molecule has 0 aliphatic carbocycles. The van der Waals surface area contributed by atoms with Gasteiger partial charge in [0.15, 0.2) is 0 Å². The summed E-state index contributed by atoms with van der Waals surface area (Å²) in [6, 6.07) is 7.49. The lowest BCUT2D eigenvalue weighted by Crippen LogP contribution is -2.44. The van der Waals surface area contributed by atoms with Crippen LogP contribution in [0.2, 0.25) is 0 Å². The predicted molar refractivity (Wildman–Crippen MR) is 120 cm³/mol. The number of para-hydroxylation sites is 1. The molecule has 9 heteroatoms. The first-order valence-electron chi connectivity index (χ1n) is 10.2. The molecule has 0 amide bonds. The number of nitrogens with zero attached hydrogens (tertiary/aromatic N) is 6. The number of aliphatic imine (C=N–C) groups is 1. The van der Waals surface area contributed by atoms with Gasteiger partial charge >= 0.3 is 0 Å². The van der Waals surface area contributed by atoms with E-state index in [4.69, 9.17) is 10.1 Å². The molecule has 2 aliphatic heterocycles. The van der Waals surface area contributed by atoms with Crippen LogP contribution in [0.1, 0.15) is 55.5 Å². The highest BCUT2D eigenvalue weighted by molar-refractivity contribution is 8.14. The van der Waals surface area contributed by atoms with Crippen LogP contribution in [-0.4, -0.2) is 49.3 Å². The number of thioether (sulfide) groups is 1. The molecule has 0 spiro atoms. The van der Waals surface area contributed by atoms with Crippen LogP contribution in [0.4, 0.5) is 5.13 Å². The molecular weight excluding hydrogens is 404 g/mol. The highest BCUT2D eigenvalue weighted by atomic mass is 32.2. The lowest BCUT2D eigenvalue weighted by molar-refractivity contribution is 0.280. The van der Waals surface area contributed by atoms with Crippen LogP contribution in [0.25, 0.3) is 0 Å². The van der Waals surface area contributed by atoms with Gasteiger partial charge in [-0.15, -0.1) is 10.2 Å². The summed E-state index contributed by atoms with van der Waals surface area (Å²) >= 11 is 3.20. The zero-order chi connectivity index (χ0) is 20.2. The minimum absolute atomic E-state index is 0.148. The van der Waals surface area contributed by atoms with Crippen molar-refractivity contribution >= 4 is 39.2 Å². The second kappa shape index (κ2) is 9.13. The molecule has 154 valence electrons. The Morgan fingerprint density at radius 1 is 1.14 bits per heavy atom. The third-order valence-corrected chi connectivity index (χ3v) is 7.27. The second-order valence-corrected chi connectivity index (χ2v) is 9.21. The summed E-state index contributed by atoms with van der Waals surface area (Å²) in [4.78, 5) is 7.22. The normalized spacial score (nSPS) is 20.3. The van der Waals surface area contributed by atoms with Gasteiger partial charge in [-0.2, -0.15) is 10.1 Å². The lowest BCUT2D eigenvalue weighted by Gasteiger charge is -2.35. The topological polar surface area (TPSA) is 77.2 Å². The van der Waals surface area contributed by atoms with E-state index < -0.39 is 0 Å². The van der Waals surface area contributed by atoms with Crippen LogP contribution < -0.4 is 0 Å². The number of piperidine rings is 1. The van der Waals surface area contributed by atoms with Crippen molar-refractivity contribution in [1.82, 2.24) is 20.1 Å². The quantitative estimate of drug-likeness (QED) is 0.557. The number of aromatic nitrogens is 2. The number of likely N-dealkylation sites (tertiary alicyclic amines) is 1. The molecule has 1 aromatic carbocycles. The van der Waals surface area contributed by atoms with E-state index >= 15 is 0 Å². The van der Waals surface area contributed by atoms with Gasteiger partial charge in [0.05, 0.1) is 5.04 Å². The molecule has 1 fully saturated rings. The standard InChI is InChI=1S/C20H26N6OS2/c1-3-16-22-23-19(29-16)21-20(25-12-8-5-9-13-25)26-18(28-17(4-2)24-26)14-10-6-7-11-15(14)27/h6-7,10-11,18,27H,3-5,8-9,12-13H2,1-2H3. The van der Waals surface area contributed by atoms with Crippen LogP contribution in [0.15, 0.2) is 34.4 Å². The first-order valence-corrected chi connectivity index (χ1v) is 11.9. The molecule has 7 nitrogen and oxygen atoms in total. The molecule has 1 saturated heterocycles. The number of guanidine groups is 1. The number of rotatable bonds is 4. The number of aryl methyl sites for hydroxylation is 1. The summed E-state index contributed by atoms with van der Waals surface area (Å²) in [7, 11) is 0. The lowest BCUT2D eigenvalue weighted by atomic mass is 10.1. The maximum atomic E-state index is 10.5. The van der Waals surface area contributed by atoms with Crippen molar-refractivity contribution in [3.8, 4) is 5.75 Å². The second-order valence-electron chi connectivity index (χ2n) is 7.01. The summed E-state index contributed by atoms with van der Waals surface area (Å²) < 4.78 is 0. The smallest absolute Gasteiger partial charge is 0.234 e. The van der Waals surface area contributed by atoms with Gasteiger partial charge in [0.25, 0.3) is 0 Å². The minimum Gasteiger partial charge on any atom is -0.508 e. The molecule has 0 bridgehead atoms. The molecule has 3 heterocycles. The maximum Gasteiger partial charge on any atom is 0.234 e. The van der Waals surface area contributed by atoms with E-state index in [9.17, 15) is 5.11 Å². The molecular formula is C20H26N6OS2. The summed E-state index contributed by atoms with van der Waals surface area (Å²) in [5, 5.41) is 28.4. The zero-order valence-corrected chi connectivity index (χ0v) is 18.4. The molecule has 1 aromatic heterocycles. The average Bonchev–Trinajstić information content (AvgIpc) is 3.39. The maximum absolute atomic E-state index is 10.5. The SMILES string of the molecule is CCC1=NN(C(=Nc2nnc(CC)s2)N2CCCCC2)C(c2ccccc2O)S1. The van der Waals surface area contributed by atoms with Crippen LogP contribution in [0.3, 0.4) is 0 Å². The van der Waals surface area contributed by atoms with Crippen LogP contribution in [0, 0.1) is 0 Å². The molecule has 4 rings (SSSR count). The molecule has 2 aromatic rings. The molecule has 2 aliphatic rings. The van der Waals surface area contributed by atoms with Crippen molar-refractivity contribution in [2.24, 2.45) is 10.1 Å². The molecule has 1 N–H and O–H groups in total. The van der Waals surface area contributed by atoms with E-state index in [0.29, 0.717) is 5.13 Å². The highest BCUT2D eigenvalue weighted by Gasteiger charge is 2.36. The summed E-state index contributed by atoms with van der Waals surface area (Å²) in [5.41, 5.74) is 0.848. The molecule has 0 saturated carbocycles. The van der Waals surface area contributed by atoms with Gasteiger partial charge < -0.3 is 10.0 Å². The van der Waals surface area contributed by atoms with E-state index in [1.165, 1.54) is 17.8 Å². The fraction of sp³-hybridized carbons (Fsp3) is 0.500. The van der Waals surface area contributed by atoms with Gasteiger partial charge in [0.1, 0.15) is 16.1 Å². The Balaban J connectivity index is 1.75. The monoisotopic (exact) mass is 430 g/mol. The van der Waals surface area contributed by atoms with Crippen LogP contribution in [0.5, 0.6) is 5.75 Å². The number of hydrogen-bond acceptors (Lipinski definition) is 7. The fourth-order valence-corrected chi connectivity index (χ4v) is 5.22. The van der Waals surface area contributed by atoms with E-state index in [1.54, 1.807) is 17.8 Å². The fourth-order valence-electron chi connectivity index (χ4n) is 3.45. The number of phenols is 1. The summed E-state index contributed by atoms with van der Waals surface area (Å²) in [6.07, 6.45) is 5.22. The molecule has 29 heavy (non-hydrogen) atoms. The Morgan fingerprint density at radius 2 is 1.93 bits per heavy atom. The van der Waals surface area contributed by atoms with Crippen molar-refractivity contribution in [1.29, 1.82) is 0 Å². The van der Waals surface area contributed by atoms with Crippen molar-refractivity contribution in [3.05, 3.63) is 34.8 Å². The van der Waals surface area contributed by atoms with E-state index in [0.717, 1.165) is 60.3 Å². The zero-order valence-electron chi connectivity index (χ0n) is 16.8. The number of aromatic hydroxyl groups is 1. The Morgan fingerprint density at radius 3 is 2.62 bits per heavy atom. The van der Waals surface area contributed by atoms with E-state index in [2.05, 4.69) is 28.9 Å². The van der Waals surface area contributed by atoms with Crippen molar-refractivity contribution in [2.75, 3.05) is 13.1 Å². The Kier molecular flexibility index (Phi) is 6.34. The average molecular weight is 431 g/mol. The van der Waals surface area contributed by atoms with Gasteiger partial charge in [-0.3, -0.25) is 0 Å². The minimum atomic E-state index is -0.148. The van der Waals surface area contributed by atoms with E-state index in [-0.39, 0.29) is 11.1 Å². The van der Waals surface area contributed by atoms with Gasteiger partial charge in [0.2, 0.25) is 11.1 Å². The van der Waals surface area contributed by atoms with Gasteiger partial charge in [-0.1, -0.05) is 55.1 Å². The third-order valence-electron chi connectivity index (χ3n) is 4.99. The van der Waals surface area contributed by atoms with E-state index in [1.807, 2.05) is 23.2 Å². The number of benzene rings is 1. The Hall–Kier alpha value is -2.13. The van der Waals surface area contributed by atoms with Crippen molar-refractivity contribution < 1.29 is 5.11 Å². The largest absolute Gasteiger partial charge is 0.508 e. The predicted octanol–water partition coefficient (Wildman–Crippen LogP) is 4.75. The van der Waals surface area contributed by atoms with Gasteiger partial charge in [0, 0.05) is 18.7 Å². The Bertz CT molecular complexity index is 906. The molecule has 1 atom stereocenters. The van der Waals surface area contributed by atoms with Crippen molar-refractivity contribution in [2.45, 2.75) is 51.3 Å².